The first kappa shape index (κ1) is 30.2. The Hall–Kier alpha value is -4.42. The number of hydrogen-bond acceptors (Lipinski definition) is 8. The summed E-state index contributed by atoms with van der Waals surface area (Å²) in [6.45, 7) is 1.45. The van der Waals surface area contributed by atoms with Crippen LogP contribution in [0.25, 0.3) is 10.4 Å². The van der Waals surface area contributed by atoms with Crippen LogP contribution in [-0.4, -0.2) is 60.7 Å². The Bertz CT molecular complexity index is 1780. The first-order valence-corrected chi connectivity index (χ1v) is 16.2. The van der Waals surface area contributed by atoms with E-state index in [1.165, 1.54) is 12.0 Å². The number of amides is 2. The van der Waals surface area contributed by atoms with Gasteiger partial charge in [0.25, 0.3) is 11.8 Å². The van der Waals surface area contributed by atoms with E-state index in [0.29, 0.717) is 53.8 Å². The van der Waals surface area contributed by atoms with Crippen LogP contribution in [0.4, 0.5) is 26.0 Å². The van der Waals surface area contributed by atoms with Gasteiger partial charge in [-0.1, -0.05) is 18.2 Å². The lowest BCUT2D eigenvalue weighted by Crippen LogP contribution is -2.57. The minimum atomic E-state index is -2.75. The van der Waals surface area contributed by atoms with Gasteiger partial charge < -0.3 is 25.2 Å². The second kappa shape index (κ2) is 12.1. The number of alkyl halides is 2. The fourth-order valence-corrected chi connectivity index (χ4v) is 7.24. The maximum atomic E-state index is 13.9. The number of fused-ring (bicyclic) bond motifs is 3. The zero-order valence-corrected chi connectivity index (χ0v) is 26.4. The van der Waals surface area contributed by atoms with Gasteiger partial charge >= 0.3 is 0 Å². The average Bonchev–Trinajstić information content (AvgIpc) is 3.78. The number of anilines is 3. The first-order chi connectivity index (χ1) is 22.2. The molecule has 2 aliphatic heterocycles. The van der Waals surface area contributed by atoms with Crippen LogP contribution < -0.4 is 20.4 Å². The minimum absolute atomic E-state index is 0.0625. The van der Waals surface area contributed by atoms with E-state index in [2.05, 4.69) is 26.9 Å². The lowest BCUT2D eigenvalue weighted by molar-refractivity contribution is -0.120. The molecule has 46 heavy (non-hydrogen) atoms. The summed E-state index contributed by atoms with van der Waals surface area (Å²) in [5, 5.41) is 14.6. The SMILES string of the molecule is COC(Nc1ccc(C(=O)N2CCc3cc(CC(=O)NC4CC4)sc3-c3ccccc32)cc1)c1cc(C)nnc1N1CC(F)(F)C1. The predicted molar refractivity (Wildman–Crippen MR) is 174 cm³/mol. The van der Waals surface area contributed by atoms with Gasteiger partial charge in [0.15, 0.2) is 12.0 Å². The summed E-state index contributed by atoms with van der Waals surface area (Å²) in [6, 6.07) is 19.3. The van der Waals surface area contributed by atoms with E-state index in [1.807, 2.05) is 29.2 Å². The molecular formula is C34H34F2N6O3S. The van der Waals surface area contributed by atoms with Crippen LogP contribution in [0, 0.1) is 6.92 Å². The molecule has 2 N–H and O–H groups in total. The van der Waals surface area contributed by atoms with Crippen LogP contribution in [0.3, 0.4) is 0 Å². The summed E-state index contributed by atoms with van der Waals surface area (Å²) < 4.78 is 33.0. The molecule has 0 bridgehead atoms. The quantitative estimate of drug-likeness (QED) is 0.224. The normalized spacial score (nSPS) is 17.3. The molecule has 2 fully saturated rings. The fourth-order valence-electron chi connectivity index (χ4n) is 6.00. The van der Waals surface area contributed by atoms with Crippen LogP contribution in [0.5, 0.6) is 0 Å². The van der Waals surface area contributed by atoms with Crippen molar-refractivity contribution in [3.05, 3.63) is 87.9 Å². The molecule has 1 aliphatic carbocycles. The topological polar surface area (TPSA) is 99.7 Å². The van der Waals surface area contributed by atoms with E-state index < -0.39 is 25.2 Å². The highest BCUT2D eigenvalue weighted by atomic mass is 32.1. The molecule has 238 valence electrons. The van der Waals surface area contributed by atoms with Gasteiger partial charge in [0.05, 0.1) is 30.9 Å². The van der Waals surface area contributed by atoms with Crippen molar-refractivity contribution in [3.8, 4) is 10.4 Å². The number of methoxy groups -OCH3 is 1. The third kappa shape index (κ3) is 6.19. The predicted octanol–water partition coefficient (Wildman–Crippen LogP) is 5.75. The molecule has 1 saturated carbocycles. The average molecular weight is 645 g/mol. The van der Waals surface area contributed by atoms with Gasteiger partial charge in [0.1, 0.15) is 0 Å². The number of aryl methyl sites for hydroxylation is 1. The number of aromatic nitrogens is 2. The highest BCUT2D eigenvalue weighted by Gasteiger charge is 2.46. The summed E-state index contributed by atoms with van der Waals surface area (Å²) >= 11 is 1.63. The molecule has 2 aromatic carbocycles. The Morgan fingerprint density at radius 2 is 1.85 bits per heavy atom. The van der Waals surface area contributed by atoms with Gasteiger partial charge in [-0.15, -0.1) is 16.4 Å². The van der Waals surface area contributed by atoms with E-state index in [1.54, 1.807) is 48.6 Å². The van der Waals surface area contributed by atoms with E-state index in [-0.39, 0.29) is 11.8 Å². The van der Waals surface area contributed by atoms with Gasteiger partial charge in [0.2, 0.25) is 5.91 Å². The number of rotatable bonds is 9. The third-order valence-electron chi connectivity index (χ3n) is 8.44. The highest BCUT2D eigenvalue weighted by molar-refractivity contribution is 7.15. The molecule has 0 radical (unpaired) electrons. The van der Waals surface area contributed by atoms with Crippen LogP contribution in [0.2, 0.25) is 0 Å². The maximum absolute atomic E-state index is 13.9. The second-order valence-corrected chi connectivity index (χ2v) is 13.3. The lowest BCUT2D eigenvalue weighted by Gasteiger charge is -2.40. The van der Waals surface area contributed by atoms with Crippen molar-refractivity contribution in [2.45, 2.75) is 50.8 Å². The Labute approximate surface area is 269 Å². The summed E-state index contributed by atoms with van der Waals surface area (Å²) in [6.07, 6.45) is 2.49. The number of carbonyl (C=O) groups excluding carboxylic acids is 2. The molecule has 0 spiro atoms. The number of thiophene rings is 1. The summed E-state index contributed by atoms with van der Waals surface area (Å²) in [4.78, 5) is 31.8. The van der Waals surface area contributed by atoms with Crippen molar-refractivity contribution < 1.29 is 23.1 Å². The molecule has 7 rings (SSSR count). The molecule has 12 heteroatoms. The van der Waals surface area contributed by atoms with Crippen LogP contribution >= 0.6 is 11.3 Å². The number of nitrogens with zero attached hydrogens (tertiary/aromatic N) is 4. The number of ether oxygens (including phenoxy) is 1. The van der Waals surface area contributed by atoms with Crippen molar-refractivity contribution in [1.29, 1.82) is 0 Å². The Balaban J connectivity index is 1.08. The van der Waals surface area contributed by atoms with Gasteiger partial charge in [-0.3, -0.25) is 9.59 Å². The number of halogens is 2. The van der Waals surface area contributed by atoms with Crippen molar-refractivity contribution in [2.24, 2.45) is 0 Å². The first-order valence-electron chi connectivity index (χ1n) is 15.4. The van der Waals surface area contributed by atoms with Crippen molar-refractivity contribution in [3.63, 3.8) is 0 Å². The molecule has 2 aromatic heterocycles. The number of para-hydroxylation sites is 1. The molecule has 3 aliphatic rings. The van der Waals surface area contributed by atoms with Gasteiger partial charge in [-0.25, -0.2) is 8.78 Å². The highest BCUT2D eigenvalue weighted by Crippen LogP contribution is 2.42. The molecule has 1 unspecified atom stereocenters. The number of nitrogens with one attached hydrogen (secondary N) is 2. The van der Waals surface area contributed by atoms with Crippen molar-refractivity contribution in [1.82, 2.24) is 15.5 Å². The standard InChI is InChI=1S/C34H34F2N6O3S/c1-20-15-27(31(40-39-20)41-18-34(35,36)19-41)32(45-2)38-24-9-7-21(8-10-24)33(44)42-14-13-22-16-25(17-29(43)37-23-11-12-23)46-30(22)26-5-3-4-6-28(26)42/h3-10,15-16,23,32,38H,11-14,17-19H2,1-2H3,(H,37,43). The summed E-state index contributed by atoms with van der Waals surface area (Å²) in [5.41, 5.74) is 5.43. The van der Waals surface area contributed by atoms with E-state index in [0.717, 1.165) is 39.4 Å². The largest absolute Gasteiger partial charge is 0.357 e. The lowest BCUT2D eigenvalue weighted by atomic mass is 10.1. The number of benzene rings is 2. The fraction of sp³-hybridized carbons (Fsp3) is 0.353. The monoisotopic (exact) mass is 644 g/mol. The van der Waals surface area contributed by atoms with Gasteiger partial charge in [-0.2, -0.15) is 5.10 Å². The van der Waals surface area contributed by atoms with E-state index >= 15 is 0 Å². The van der Waals surface area contributed by atoms with Gasteiger partial charge in [-0.05, 0) is 74.2 Å². The van der Waals surface area contributed by atoms with Crippen molar-refractivity contribution in [2.75, 3.05) is 41.9 Å². The molecular weight excluding hydrogens is 610 g/mol. The molecule has 4 heterocycles. The Morgan fingerprint density at radius 1 is 1.09 bits per heavy atom. The molecule has 2 amide bonds. The number of carbonyl (C=O) groups is 2. The summed E-state index contributed by atoms with van der Waals surface area (Å²) in [5.74, 6) is -2.45. The van der Waals surface area contributed by atoms with E-state index in [9.17, 15) is 18.4 Å². The van der Waals surface area contributed by atoms with Crippen molar-refractivity contribution >= 4 is 40.3 Å². The van der Waals surface area contributed by atoms with Crippen LogP contribution in [0.15, 0.2) is 60.7 Å². The smallest absolute Gasteiger partial charge is 0.282 e. The maximum Gasteiger partial charge on any atom is 0.282 e. The Kier molecular flexibility index (Phi) is 7.93. The second-order valence-electron chi connectivity index (χ2n) is 12.1. The Morgan fingerprint density at radius 3 is 2.57 bits per heavy atom. The van der Waals surface area contributed by atoms with Gasteiger partial charge in [0, 0.05) is 51.8 Å². The zero-order valence-electron chi connectivity index (χ0n) is 25.6. The molecule has 1 saturated heterocycles. The molecule has 9 nitrogen and oxygen atoms in total. The minimum Gasteiger partial charge on any atom is -0.357 e. The third-order valence-corrected chi connectivity index (χ3v) is 9.65. The van der Waals surface area contributed by atoms with Crippen LogP contribution in [0.1, 0.15) is 51.1 Å². The molecule has 1 atom stereocenters. The van der Waals surface area contributed by atoms with Crippen LogP contribution in [-0.2, 0) is 22.4 Å². The van der Waals surface area contributed by atoms with E-state index in [4.69, 9.17) is 4.74 Å². The number of hydrogen-bond donors (Lipinski definition) is 2. The molecule has 4 aromatic rings. The summed E-state index contributed by atoms with van der Waals surface area (Å²) in [7, 11) is 1.53. The zero-order chi connectivity index (χ0) is 32.0.